The van der Waals surface area contributed by atoms with E-state index in [1.165, 1.54) is 0 Å². The minimum Gasteiger partial charge on any atom is -0.481 e. The summed E-state index contributed by atoms with van der Waals surface area (Å²) in [5.41, 5.74) is -2.01. The number of hydrogen-bond donors (Lipinski definition) is 4. The van der Waals surface area contributed by atoms with E-state index >= 15 is 0 Å². The number of urea groups is 1. The van der Waals surface area contributed by atoms with Crippen LogP contribution in [0.4, 0.5) is 4.79 Å². The first-order chi connectivity index (χ1) is 9.61. The monoisotopic (exact) mass is 296 g/mol. The Kier molecular flexibility index (Phi) is 4.98. The molecule has 118 valence electrons. The van der Waals surface area contributed by atoms with Crippen LogP contribution in [0.15, 0.2) is 12.4 Å². The fourth-order valence-corrected chi connectivity index (χ4v) is 1.73. The summed E-state index contributed by atoms with van der Waals surface area (Å²) >= 11 is 0. The quantitative estimate of drug-likeness (QED) is 0.644. The van der Waals surface area contributed by atoms with Gasteiger partial charge in [-0.3, -0.25) is 4.79 Å². The van der Waals surface area contributed by atoms with E-state index in [1.807, 2.05) is 6.92 Å². The lowest BCUT2D eigenvalue weighted by atomic mass is 9.74. The van der Waals surface area contributed by atoms with Crippen molar-refractivity contribution >= 4 is 12.0 Å². The van der Waals surface area contributed by atoms with Gasteiger partial charge in [-0.05, 0) is 34.1 Å². The number of aliphatic carboxylic acids is 1. The first kappa shape index (κ1) is 17.0. The first-order valence-corrected chi connectivity index (χ1v) is 6.93. The summed E-state index contributed by atoms with van der Waals surface area (Å²) in [6.45, 7) is 8.47. The molecular weight excluding hydrogens is 272 g/mol. The number of carbonyl (C=O) groups excluding carboxylic acids is 1. The van der Waals surface area contributed by atoms with Crippen LogP contribution in [0.25, 0.3) is 0 Å². The molecule has 7 nitrogen and oxygen atoms in total. The third-order valence-electron chi connectivity index (χ3n) is 4.09. The molecule has 0 fully saturated rings. The number of aromatic amines is 1. The summed E-state index contributed by atoms with van der Waals surface area (Å²) in [5.74, 6) is -0.297. The predicted molar refractivity (Wildman–Crippen MR) is 78.8 cm³/mol. The molecule has 1 aromatic rings. The maximum Gasteiger partial charge on any atom is 0.315 e. The summed E-state index contributed by atoms with van der Waals surface area (Å²) in [6.07, 6.45) is 3.98. The fraction of sp³-hybridized carbons (Fsp3) is 0.643. The molecule has 1 heterocycles. The summed E-state index contributed by atoms with van der Waals surface area (Å²) in [7, 11) is 0. The van der Waals surface area contributed by atoms with Gasteiger partial charge in [-0.25, -0.2) is 9.78 Å². The van der Waals surface area contributed by atoms with Crippen molar-refractivity contribution in [2.75, 3.05) is 0 Å². The molecule has 0 bridgehead atoms. The van der Waals surface area contributed by atoms with Crippen LogP contribution in [0.3, 0.4) is 0 Å². The molecule has 4 N–H and O–H groups in total. The number of carboxylic acids is 1. The average Bonchev–Trinajstić information content (AvgIpc) is 2.88. The summed E-state index contributed by atoms with van der Waals surface area (Å²) in [6, 6.07) is -0.665. The maximum atomic E-state index is 12.1. The van der Waals surface area contributed by atoms with Crippen molar-refractivity contribution in [2.45, 2.75) is 52.6 Å². The second-order valence-corrected chi connectivity index (χ2v) is 6.09. The van der Waals surface area contributed by atoms with Crippen LogP contribution < -0.4 is 10.6 Å². The molecule has 0 aliphatic heterocycles. The second kappa shape index (κ2) is 6.15. The molecule has 0 aliphatic rings. The van der Waals surface area contributed by atoms with E-state index in [9.17, 15) is 14.7 Å². The van der Waals surface area contributed by atoms with E-state index in [-0.39, 0.29) is 6.04 Å². The summed E-state index contributed by atoms with van der Waals surface area (Å²) in [5, 5.41) is 14.8. The molecule has 0 saturated carbocycles. The third kappa shape index (κ3) is 3.74. The van der Waals surface area contributed by atoms with E-state index < -0.39 is 23.0 Å². The molecule has 1 aromatic heterocycles. The van der Waals surface area contributed by atoms with Gasteiger partial charge in [0.05, 0.1) is 17.0 Å². The highest BCUT2D eigenvalue weighted by Crippen LogP contribution is 2.30. The van der Waals surface area contributed by atoms with Crippen molar-refractivity contribution in [1.29, 1.82) is 0 Å². The normalized spacial score (nSPS) is 13.6. The number of nitrogens with one attached hydrogen (secondary N) is 3. The number of aromatic nitrogens is 2. The van der Waals surface area contributed by atoms with Gasteiger partial charge in [-0.15, -0.1) is 0 Å². The highest BCUT2D eigenvalue weighted by molar-refractivity contribution is 5.79. The van der Waals surface area contributed by atoms with E-state index in [2.05, 4.69) is 20.6 Å². The van der Waals surface area contributed by atoms with Gasteiger partial charge in [0.25, 0.3) is 0 Å². The number of nitrogens with zero attached hydrogens (tertiary/aromatic N) is 1. The standard InChI is InChI=1S/C14H24N4O3/c1-6-9(10-15-7-8-16-10)17-12(21)18-14(4,5)13(2,3)11(19)20/h7-9H,6H2,1-5H3,(H,15,16)(H,19,20)(H2,17,18,21). The zero-order valence-corrected chi connectivity index (χ0v) is 13.2. The van der Waals surface area contributed by atoms with Gasteiger partial charge in [0.15, 0.2) is 0 Å². The van der Waals surface area contributed by atoms with Crippen LogP contribution in [-0.4, -0.2) is 32.6 Å². The number of carboxylic acid groups (broad SMARTS) is 1. The molecule has 0 aliphatic carbocycles. The Hall–Kier alpha value is -2.05. The molecule has 0 aromatic carbocycles. The van der Waals surface area contributed by atoms with Crippen molar-refractivity contribution in [3.8, 4) is 0 Å². The Bertz CT molecular complexity index is 494. The number of rotatable bonds is 6. The van der Waals surface area contributed by atoms with Gasteiger partial charge in [0, 0.05) is 12.4 Å². The Morgan fingerprint density at radius 2 is 2.00 bits per heavy atom. The molecule has 0 saturated heterocycles. The maximum absolute atomic E-state index is 12.1. The number of amides is 2. The van der Waals surface area contributed by atoms with Crippen LogP contribution in [0.5, 0.6) is 0 Å². The largest absolute Gasteiger partial charge is 0.481 e. The lowest BCUT2D eigenvalue weighted by molar-refractivity contribution is -0.150. The van der Waals surface area contributed by atoms with Gasteiger partial charge in [-0.2, -0.15) is 0 Å². The predicted octanol–water partition coefficient (Wildman–Crippen LogP) is 2.05. The molecular formula is C14H24N4O3. The van der Waals surface area contributed by atoms with Gasteiger partial charge < -0.3 is 20.7 Å². The molecule has 7 heteroatoms. The van der Waals surface area contributed by atoms with E-state index in [0.717, 1.165) is 0 Å². The molecule has 0 radical (unpaired) electrons. The first-order valence-electron chi connectivity index (χ1n) is 6.93. The fourth-order valence-electron chi connectivity index (χ4n) is 1.73. The molecule has 0 spiro atoms. The SMILES string of the molecule is CCC(NC(=O)NC(C)(C)C(C)(C)C(=O)O)c1ncc[nH]1. The van der Waals surface area contributed by atoms with Gasteiger partial charge >= 0.3 is 12.0 Å². The Morgan fingerprint density at radius 1 is 1.38 bits per heavy atom. The number of carbonyl (C=O) groups is 2. The smallest absolute Gasteiger partial charge is 0.315 e. The molecule has 1 atom stereocenters. The number of H-pyrrole nitrogens is 1. The minimum absolute atomic E-state index is 0.247. The van der Waals surface area contributed by atoms with Gasteiger partial charge in [0.2, 0.25) is 0 Å². The lowest BCUT2D eigenvalue weighted by Crippen LogP contribution is -2.59. The van der Waals surface area contributed by atoms with Crippen LogP contribution >= 0.6 is 0 Å². The summed E-state index contributed by atoms with van der Waals surface area (Å²) < 4.78 is 0. The Balaban J connectivity index is 2.75. The zero-order chi connectivity index (χ0) is 16.3. The van der Waals surface area contributed by atoms with Crippen molar-refractivity contribution < 1.29 is 14.7 Å². The Labute approximate surface area is 124 Å². The average molecular weight is 296 g/mol. The number of hydrogen-bond acceptors (Lipinski definition) is 3. The zero-order valence-electron chi connectivity index (χ0n) is 13.2. The number of imidazole rings is 1. The van der Waals surface area contributed by atoms with Gasteiger partial charge in [-0.1, -0.05) is 6.92 Å². The third-order valence-corrected chi connectivity index (χ3v) is 4.09. The Morgan fingerprint density at radius 3 is 2.43 bits per heavy atom. The van der Waals surface area contributed by atoms with Crippen LogP contribution in [0, 0.1) is 5.41 Å². The highest BCUT2D eigenvalue weighted by atomic mass is 16.4. The van der Waals surface area contributed by atoms with Crippen LogP contribution in [0.1, 0.15) is 52.9 Å². The van der Waals surface area contributed by atoms with Gasteiger partial charge in [0.1, 0.15) is 5.82 Å². The topological polar surface area (TPSA) is 107 Å². The van der Waals surface area contributed by atoms with Crippen molar-refractivity contribution in [2.24, 2.45) is 5.41 Å². The van der Waals surface area contributed by atoms with E-state index in [4.69, 9.17) is 0 Å². The molecule has 1 rings (SSSR count). The molecule has 21 heavy (non-hydrogen) atoms. The van der Waals surface area contributed by atoms with Crippen LogP contribution in [-0.2, 0) is 4.79 Å². The highest BCUT2D eigenvalue weighted by Gasteiger charge is 2.44. The van der Waals surface area contributed by atoms with Crippen molar-refractivity contribution in [3.63, 3.8) is 0 Å². The lowest BCUT2D eigenvalue weighted by Gasteiger charge is -2.39. The molecule has 1 unspecified atom stereocenters. The van der Waals surface area contributed by atoms with E-state index in [1.54, 1.807) is 40.1 Å². The van der Waals surface area contributed by atoms with Crippen molar-refractivity contribution in [3.05, 3.63) is 18.2 Å². The second-order valence-electron chi connectivity index (χ2n) is 6.09. The van der Waals surface area contributed by atoms with E-state index in [0.29, 0.717) is 12.2 Å². The van der Waals surface area contributed by atoms with Crippen molar-refractivity contribution in [1.82, 2.24) is 20.6 Å². The van der Waals surface area contributed by atoms with Crippen LogP contribution in [0.2, 0.25) is 0 Å². The minimum atomic E-state index is -1.10. The summed E-state index contributed by atoms with van der Waals surface area (Å²) in [4.78, 5) is 30.5. The molecule has 2 amide bonds.